The topological polar surface area (TPSA) is 59.2 Å². The fraction of sp³-hybridized carbons (Fsp3) is 0.143. The number of aromatic nitrogens is 1. The molecule has 2 N–H and O–H groups in total. The predicted molar refractivity (Wildman–Crippen MR) is 107 cm³/mol. The van der Waals surface area contributed by atoms with Crippen LogP contribution in [0.25, 0.3) is 11.1 Å². The van der Waals surface area contributed by atoms with E-state index >= 15 is 0 Å². The molecule has 0 spiro atoms. The van der Waals surface area contributed by atoms with Gasteiger partial charge in [0, 0.05) is 18.1 Å². The minimum absolute atomic E-state index is 0.0121. The first-order valence-corrected chi connectivity index (χ1v) is 9.02. The van der Waals surface area contributed by atoms with Crippen LogP contribution in [0.2, 0.25) is 5.02 Å². The minimum Gasteiger partial charge on any atom is -0.351 e. The normalized spacial score (nSPS) is 12.4. The summed E-state index contributed by atoms with van der Waals surface area (Å²) in [5, 5.41) is -0.445. The number of hydrogen-bond acceptors (Lipinski definition) is 2. The first kappa shape index (κ1) is 20.7. The van der Waals surface area contributed by atoms with E-state index in [-0.39, 0.29) is 5.69 Å². The van der Waals surface area contributed by atoms with Crippen molar-refractivity contribution in [2.75, 3.05) is 4.90 Å². The van der Waals surface area contributed by atoms with Crippen LogP contribution in [-0.2, 0) is 6.18 Å². The Labute approximate surface area is 170 Å². The van der Waals surface area contributed by atoms with E-state index in [0.29, 0.717) is 5.56 Å². The van der Waals surface area contributed by atoms with E-state index in [2.05, 4.69) is 4.98 Å². The molecular weight excluding hydrogens is 403 g/mol. The Morgan fingerprint density at radius 2 is 1.79 bits per heavy atom. The van der Waals surface area contributed by atoms with Crippen molar-refractivity contribution >= 4 is 23.3 Å². The van der Waals surface area contributed by atoms with Crippen molar-refractivity contribution < 1.29 is 18.0 Å². The summed E-state index contributed by atoms with van der Waals surface area (Å²) >= 11 is 5.68. The molecule has 0 saturated carbocycles. The van der Waals surface area contributed by atoms with Gasteiger partial charge in [-0.05, 0) is 47.9 Å². The molecule has 3 rings (SSSR count). The van der Waals surface area contributed by atoms with Crippen LogP contribution in [0.3, 0.4) is 0 Å². The van der Waals surface area contributed by atoms with E-state index in [9.17, 15) is 18.0 Å². The zero-order valence-electron chi connectivity index (χ0n) is 15.3. The van der Waals surface area contributed by atoms with Gasteiger partial charge in [0.2, 0.25) is 0 Å². The summed E-state index contributed by atoms with van der Waals surface area (Å²) < 4.78 is 39.6. The zero-order chi connectivity index (χ0) is 21.2. The standard InChI is InChI=1S/C21H17ClF3N3O/c1-13(14-4-6-15(7-5-14)16-3-2-10-27-12-16)28(20(26)29)17-8-9-19(22)18(11-17)21(23,24)25/h2-13H,1H3,(H2,26,29). The summed E-state index contributed by atoms with van der Waals surface area (Å²) in [6, 6.07) is 12.8. The van der Waals surface area contributed by atoms with Gasteiger partial charge < -0.3 is 5.73 Å². The lowest BCUT2D eigenvalue weighted by molar-refractivity contribution is -0.137. The zero-order valence-corrected chi connectivity index (χ0v) is 16.1. The molecular formula is C21H17ClF3N3O. The number of rotatable bonds is 4. The first-order valence-electron chi connectivity index (χ1n) is 8.64. The smallest absolute Gasteiger partial charge is 0.351 e. The van der Waals surface area contributed by atoms with Crippen molar-refractivity contribution in [2.24, 2.45) is 5.73 Å². The Morgan fingerprint density at radius 1 is 1.10 bits per heavy atom. The second kappa shape index (κ2) is 8.13. The first-order chi connectivity index (χ1) is 13.7. The molecule has 0 bridgehead atoms. The van der Waals surface area contributed by atoms with Crippen LogP contribution in [0.1, 0.15) is 24.1 Å². The number of carbonyl (C=O) groups excluding carboxylic acids is 1. The maximum atomic E-state index is 13.2. The summed E-state index contributed by atoms with van der Waals surface area (Å²) in [6.45, 7) is 1.69. The lowest BCUT2D eigenvalue weighted by Crippen LogP contribution is -2.38. The lowest BCUT2D eigenvalue weighted by Gasteiger charge is -2.29. The molecule has 0 fully saturated rings. The van der Waals surface area contributed by atoms with E-state index in [1.165, 1.54) is 6.07 Å². The Kier molecular flexibility index (Phi) is 5.79. The Hall–Kier alpha value is -3.06. The summed E-state index contributed by atoms with van der Waals surface area (Å²) in [5.41, 5.74) is 7.03. The van der Waals surface area contributed by atoms with Crippen LogP contribution < -0.4 is 10.6 Å². The fourth-order valence-corrected chi connectivity index (χ4v) is 3.28. The van der Waals surface area contributed by atoms with Crippen LogP contribution in [0.5, 0.6) is 0 Å². The van der Waals surface area contributed by atoms with Gasteiger partial charge in [0.05, 0.1) is 16.6 Å². The number of nitrogens with two attached hydrogens (primary N) is 1. The molecule has 1 aromatic heterocycles. The van der Waals surface area contributed by atoms with Gasteiger partial charge in [0.25, 0.3) is 0 Å². The Balaban J connectivity index is 1.95. The molecule has 0 radical (unpaired) electrons. The molecule has 0 aliphatic rings. The highest BCUT2D eigenvalue weighted by atomic mass is 35.5. The van der Waals surface area contributed by atoms with E-state index in [4.69, 9.17) is 17.3 Å². The molecule has 2 amide bonds. The molecule has 0 saturated heterocycles. The molecule has 150 valence electrons. The average molecular weight is 420 g/mol. The summed E-state index contributed by atoms with van der Waals surface area (Å²) in [7, 11) is 0. The number of urea groups is 1. The monoisotopic (exact) mass is 419 g/mol. The van der Waals surface area contributed by atoms with Crippen LogP contribution in [0.4, 0.5) is 23.7 Å². The number of carbonyl (C=O) groups is 1. The van der Waals surface area contributed by atoms with E-state index in [1.807, 2.05) is 24.3 Å². The number of hydrogen-bond donors (Lipinski definition) is 1. The van der Waals surface area contributed by atoms with Crippen LogP contribution in [-0.4, -0.2) is 11.0 Å². The minimum atomic E-state index is -4.65. The molecule has 3 aromatic rings. The number of nitrogens with zero attached hydrogens (tertiary/aromatic N) is 2. The quantitative estimate of drug-likeness (QED) is 0.558. The van der Waals surface area contributed by atoms with Gasteiger partial charge >= 0.3 is 12.2 Å². The highest BCUT2D eigenvalue weighted by Crippen LogP contribution is 2.38. The number of alkyl halides is 3. The van der Waals surface area contributed by atoms with E-state index in [1.54, 1.807) is 31.5 Å². The molecule has 0 aliphatic heterocycles. The third-order valence-electron chi connectivity index (χ3n) is 4.55. The molecule has 29 heavy (non-hydrogen) atoms. The van der Waals surface area contributed by atoms with Crippen LogP contribution in [0, 0.1) is 0 Å². The summed E-state index contributed by atoms with van der Waals surface area (Å²) in [5.74, 6) is 0. The average Bonchev–Trinajstić information content (AvgIpc) is 2.69. The Morgan fingerprint density at radius 3 is 2.34 bits per heavy atom. The molecule has 1 atom stereocenters. The van der Waals surface area contributed by atoms with Gasteiger partial charge in [-0.3, -0.25) is 9.88 Å². The predicted octanol–water partition coefficient (Wildman–Crippen LogP) is 6.07. The maximum Gasteiger partial charge on any atom is 0.417 e. The lowest BCUT2D eigenvalue weighted by atomic mass is 10.0. The third-order valence-corrected chi connectivity index (χ3v) is 4.88. The fourth-order valence-electron chi connectivity index (χ4n) is 3.06. The molecule has 4 nitrogen and oxygen atoms in total. The van der Waals surface area contributed by atoms with Gasteiger partial charge in [-0.25, -0.2) is 4.79 Å². The van der Waals surface area contributed by atoms with Crippen molar-refractivity contribution in [1.29, 1.82) is 0 Å². The number of anilines is 1. The van der Waals surface area contributed by atoms with Gasteiger partial charge in [0.1, 0.15) is 0 Å². The van der Waals surface area contributed by atoms with Crippen molar-refractivity contribution in [1.82, 2.24) is 4.98 Å². The Bertz CT molecular complexity index is 1010. The van der Waals surface area contributed by atoms with Gasteiger partial charge in [0.15, 0.2) is 0 Å². The third kappa shape index (κ3) is 4.51. The highest BCUT2D eigenvalue weighted by Gasteiger charge is 2.34. The largest absolute Gasteiger partial charge is 0.417 e. The van der Waals surface area contributed by atoms with Gasteiger partial charge in [-0.1, -0.05) is 41.9 Å². The number of pyridine rings is 1. The number of benzene rings is 2. The maximum absolute atomic E-state index is 13.2. The van der Waals surface area contributed by atoms with Crippen molar-refractivity contribution in [2.45, 2.75) is 19.1 Å². The summed E-state index contributed by atoms with van der Waals surface area (Å²) in [6.07, 6.45) is -1.25. The highest BCUT2D eigenvalue weighted by molar-refractivity contribution is 6.31. The number of primary amides is 1. The molecule has 1 heterocycles. The van der Waals surface area contributed by atoms with Gasteiger partial charge in [-0.15, -0.1) is 0 Å². The molecule has 8 heteroatoms. The summed E-state index contributed by atoms with van der Waals surface area (Å²) in [4.78, 5) is 17.2. The van der Waals surface area contributed by atoms with Crippen molar-refractivity contribution in [3.63, 3.8) is 0 Å². The van der Waals surface area contributed by atoms with E-state index in [0.717, 1.165) is 28.2 Å². The number of amides is 2. The second-order valence-corrected chi connectivity index (χ2v) is 6.82. The van der Waals surface area contributed by atoms with Gasteiger partial charge in [-0.2, -0.15) is 13.2 Å². The molecule has 2 aromatic carbocycles. The van der Waals surface area contributed by atoms with Crippen LogP contribution in [0.15, 0.2) is 67.0 Å². The van der Waals surface area contributed by atoms with Crippen LogP contribution >= 0.6 is 11.6 Å². The molecule has 1 unspecified atom stereocenters. The number of halogens is 4. The van der Waals surface area contributed by atoms with E-state index < -0.39 is 28.8 Å². The van der Waals surface area contributed by atoms with Crippen molar-refractivity contribution in [3.8, 4) is 11.1 Å². The SMILES string of the molecule is CC(c1ccc(-c2cccnc2)cc1)N(C(N)=O)c1ccc(Cl)c(C(F)(F)F)c1. The molecule has 0 aliphatic carbocycles. The van der Waals surface area contributed by atoms with Crippen molar-refractivity contribution in [3.05, 3.63) is 83.1 Å². The second-order valence-electron chi connectivity index (χ2n) is 6.41.